The lowest BCUT2D eigenvalue weighted by Crippen LogP contribution is -2.38. The highest BCUT2D eigenvalue weighted by Gasteiger charge is 2.21. The summed E-state index contributed by atoms with van der Waals surface area (Å²) in [5.41, 5.74) is 1.74. The van der Waals surface area contributed by atoms with Gasteiger partial charge in [-0.1, -0.05) is 32.9 Å². The molecular formula is C18H31NO. The van der Waals surface area contributed by atoms with E-state index < -0.39 is 0 Å². The van der Waals surface area contributed by atoms with E-state index in [9.17, 15) is 0 Å². The molecule has 0 bridgehead atoms. The first kappa shape index (κ1) is 17.0. The van der Waals surface area contributed by atoms with Gasteiger partial charge in [-0.25, -0.2) is 0 Å². The van der Waals surface area contributed by atoms with E-state index in [-0.39, 0.29) is 11.0 Å². The maximum Gasteiger partial charge on any atom is 0.119 e. The summed E-state index contributed by atoms with van der Waals surface area (Å²) < 4.78 is 5.64. The Hall–Kier alpha value is -1.02. The normalized spacial score (nSPS) is 12.5. The van der Waals surface area contributed by atoms with Crippen molar-refractivity contribution in [2.24, 2.45) is 0 Å². The Morgan fingerprint density at radius 1 is 1.00 bits per heavy atom. The predicted octanol–water partition coefficient (Wildman–Crippen LogP) is 4.53. The average molecular weight is 277 g/mol. The quantitative estimate of drug-likeness (QED) is 0.790. The number of ether oxygens (including phenoxy) is 1. The molecule has 0 saturated carbocycles. The van der Waals surface area contributed by atoms with Crippen LogP contribution in [0.3, 0.4) is 0 Å². The molecule has 0 amide bonds. The molecule has 0 aliphatic rings. The van der Waals surface area contributed by atoms with Crippen LogP contribution in [0.4, 0.5) is 0 Å². The van der Waals surface area contributed by atoms with Gasteiger partial charge in [0.05, 0.1) is 6.61 Å². The zero-order valence-corrected chi connectivity index (χ0v) is 14.0. The molecular weight excluding hydrogens is 246 g/mol. The molecule has 0 spiro atoms. The average Bonchev–Trinajstić information content (AvgIpc) is 2.35. The summed E-state index contributed by atoms with van der Waals surface area (Å²) in [5.74, 6) is 0.971. The van der Waals surface area contributed by atoms with E-state index in [4.69, 9.17) is 4.74 Å². The van der Waals surface area contributed by atoms with Crippen molar-refractivity contribution in [1.29, 1.82) is 0 Å². The highest BCUT2D eigenvalue weighted by molar-refractivity contribution is 5.31. The smallest absolute Gasteiger partial charge is 0.119 e. The van der Waals surface area contributed by atoms with Crippen molar-refractivity contribution in [3.8, 4) is 5.75 Å². The van der Waals surface area contributed by atoms with Crippen LogP contribution in [-0.2, 0) is 5.41 Å². The van der Waals surface area contributed by atoms with E-state index in [0.717, 1.165) is 31.7 Å². The second-order valence-electron chi connectivity index (χ2n) is 7.18. The van der Waals surface area contributed by atoms with Crippen LogP contribution in [0.2, 0.25) is 0 Å². The van der Waals surface area contributed by atoms with Crippen molar-refractivity contribution in [2.75, 3.05) is 13.2 Å². The summed E-state index contributed by atoms with van der Waals surface area (Å²) in [6, 6.07) is 8.57. The highest BCUT2D eigenvalue weighted by Crippen LogP contribution is 2.28. The van der Waals surface area contributed by atoms with Crippen molar-refractivity contribution in [1.82, 2.24) is 5.32 Å². The van der Waals surface area contributed by atoms with E-state index in [1.807, 2.05) is 0 Å². The van der Waals surface area contributed by atoms with Gasteiger partial charge in [-0.15, -0.1) is 0 Å². The molecule has 0 saturated heterocycles. The van der Waals surface area contributed by atoms with Gasteiger partial charge in [0.15, 0.2) is 0 Å². The highest BCUT2D eigenvalue weighted by atomic mass is 16.5. The third-order valence-electron chi connectivity index (χ3n) is 3.51. The largest absolute Gasteiger partial charge is 0.494 e. The first-order valence-corrected chi connectivity index (χ1v) is 7.73. The molecule has 1 aromatic carbocycles. The molecule has 0 atom stereocenters. The Kier molecular flexibility index (Phi) is 6.07. The lowest BCUT2D eigenvalue weighted by atomic mass is 9.81. The Bertz CT molecular complexity index is 387. The minimum Gasteiger partial charge on any atom is -0.494 e. The second kappa shape index (κ2) is 7.12. The minimum atomic E-state index is 0.182. The zero-order chi connectivity index (χ0) is 15.2. The molecule has 0 aliphatic heterocycles. The van der Waals surface area contributed by atoms with Gasteiger partial charge in [-0.2, -0.15) is 0 Å². The number of hydrogen-bond acceptors (Lipinski definition) is 2. The lowest BCUT2D eigenvalue weighted by Gasteiger charge is -2.28. The van der Waals surface area contributed by atoms with Crippen LogP contribution < -0.4 is 10.1 Å². The number of nitrogens with one attached hydrogen (secondary N) is 1. The van der Waals surface area contributed by atoms with Gasteiger partial charge in [-0.05, 0) is 63.3 Å². The van der Waals surface area contributed by atoms with Crippen LogP contribution in [0.5, 0.6) is 5.75 Å². The number of hydrogen-bond donors (Lipinski definition) is 1. The summed E-state index contributed by atoms with van der Waals surface area (Å²) in [5, 5.41) is 3.56. The summed E-state index contributed by atoms with van der Waals surface area (Å²) in [7, 11) is 0. The molecule has 0 aromatic heterocycles. The zero-order valence-electron chi connectivity index (χ0n) is 14.0. The number of benzene rings is 1. The topological polar surface area (TPSA) is 21.3 Å². The summed E-state index contributed by atoms with van der Waals surface area (Å²) in [6.45, 7) is 15.2. The van der Waals surface area contributed by atoms with E-state index in [1.54, 1.807) is 0 Å². The maximum atomic E-state index is 5.64. The lowest BCUT2D eigenvalue weighted by molar-refractivity contribution is 0.317. The van der Waals surface area contributed by atoms with Crippen LogP contribution >= 0.6 is 0 Å². The molecule has 1 aromatic rings. The fourth-order valence-electron chi connectivity index (χ4n) is 2.12. The maximum absolute atomic E-state index is 5.64. The van der Waals surface area contributed by atoms with Crippen LogP contribution in [0.25, 0.3) is 0 Å². The van der Waals surface area contributed by atoms with Crippen molar-refractivity contribution in [2.45, 2.75) is 65.3 Å². The molecule has 114 valence electrons. The standard InChI is InChI=1S/C18H31NO/c1-7-14-20-16-10-8-15(9-11-16)18(5,6)12-13-19-17(2,3)4/h8-11,19H,7,12-14H2,1-6H3. The van der Waals surface area contributed by atoms with Crippen molar-refractivity contribution in [3.63, 3.8) is 0 Å². The van der Waals surface area contributed by atoms with Crippen LogP contribution in [-0.4, -0.2) is 18.7 Å². The van der Waals surface area contributed by atoms with Gasteiger partial charge in [0, 0.05) is 5.54 Å². The first-order valence-electron chi connectivity index (χ1n) is 7.73. The van der Waals surface area contributed by atoms with E-state index in [1.165, 1.54) is 5.56 Å². The van der Waals surface area contributed by atoms with Gasteiger partial charge in [0.1, 0.15) is 5.75 Å². The molecule has 1 N–H and O–H groups in total. The van der Waals surface area contributed by atoms with E-state index >= 15 is 0 Å². The van der Waals surface area contributed by atoms with Crippen LogP contribution in [0.15, 0.2) is 24.3 Å². The number of rotatable bonds is 7. The molecule has 1 rings (SSSR count). The first-order chi connectivity index (χ1) is 9.24. The summed E-state index contributed by atoms with van der Waals surface area (Å²) >= 11 is 0. The molecule has 0 heterocycles. The molecule has 0 radical (unpaired) electrons. The van der Waals surface area contributed by atoms with Gasteiger partial charge in [-0.3, -0.25) is 0 Å². The van der Waals surface area contributed by atoms with E-state index in [2.05, 4.69) is 71.1 Å². The van der Waals surface area contributed by atoms with Crippen LogP contribution in [0, 0.1) is 0 Å². The second-order valence-corrected chi connectivity index (χ2v) is 7.18. The van der Waals surface area contributed by atoms with E-state index in [0.29, 0.717) is 0 Å². The third kappa shape index (κ3) is 5.96. The molecule has 0 aliphatic carbocycles. The summed E-state index contributed by atoms with van der Waals surface area (Å²) in [6.07, 6.45) is 2.17. The Morgan fingerprint density at radius 3 is 2.10 bits per heavy atom. The van der Waals surface area contributed by atoms with Gasteiger partial charge in [0.2, 0.25) is 0 Å². The van der Waals surface area contributed by atoms with Crippen molar-refractivity contribution >= 4 is 0 Å². The summed E-state index contributed by atoms with van der Waals surface area (Å²) in [4.78, 5) is 0. The predicted molar refractivity (Wildman–Crippen MR) is 87.6 cm³/mol. The Labute approximate surface area is 124 Å². The SMILES string of the molecule is CCCOc1ccc(C(C)(C)CCNC(C)(C)C)cc1. The Balaban J connectivity index is 2.58. The molecule has 2 heteroatoms. The van der Waals surface area contributed by atoms with Gasteiger partial charge < -0.3 is 10.1 Å². The molecule has 0 unspecified atom stereocenters. The van der Waals surface area contributed by atoms with Gasteiger partial charge in [0.25, 0.3) is 0 Å². The monoisotopic (exact) mass is 277 g/mol. The minimum absolute atomic E-state index is 0.182. The fraction of sp³-hybridized carbons (Fsp3) is 0.667. The third-order valence-corrected chi connectivity index (χ3v) is 3.51. The molecule has 0 fully saturated rings. The van der Waals surface area contributed by atoms with Crippen molar-refractivity contribution in [3.05, 3.63) is 29.8 Å². The molecule has 20 heavy (non-hydrogen) atoms. The van der Waals surface area contributed by atoms with Crippen molar-refractivity contribution < 1.29 is 4.74 Å². The molecule has 2 nitrogen and oxygen atoms in total. The Morgan fingerprint density at radius 2 is 1.60 bits per heavy atom. The fourth-order valence-corrected chi connectivity index (χ4v) is 2.12. The van der Waals surface area contributed by atoms with Crippen LogP contribution in [0.1, 0.15) is 59.9 Å². The van der Waals surface area contributed by atoms with Gasteiger partial charge >= 0.3 is 0 Å².